The summed E-state index contributed by atoms with van der Waals surface area (Å²) in [5.74, 6) is 0. The summed E-state index contributed by atoms with van der Waals surface area (Å²) in [5.41, 5.74) is 2.72. The van der Waals surface area contributed by atoms with Crippen LogP contribution in [0.15, 0.2) is 94.9 Å². The van der Waals surface area contributed by atoms with E-state index < -0.39 is 0 Å². The number of hydrogen-bond donors (Lipinski definition) is 0. The molecule has 4 heteroatoms. The van der Waals surface area contributed by atoms with Crippen LogP contribution in [0.25, 0.3) is 37.8 Å². The Morgan fingerprint density at radius 1 is 0.769 bits per heavy atom. The Bertz CT molecular complexity index is 1680. The molecule has 2 heterocycles. The molecular formula is C35H37N2S2+. The van der Waals surface area contributed by atoms with Crippen molar-refractivity contribution in [1.82, 2.24) is 0 Å². The molecule has 1 aliphatic heterocycles. The Morgan fingerprint density at radius 3 is 2.31 bits per heavy atom. The number of rotatable bonds is 10. The van der Waals surface area contributed by atoms with Gasteiger partial charge in [-0.3, -0.25) is 0 Å². The quantitative estimate of drug-likeness (QED) is 0.126. The van der Waals surface area contributed by atoms with Gasteiger partial charge in [-0.25, -0.2) is 0 Å². The molecule has 198 valence electrons. The summed E-state index contributed by atoms with van der Waals surface area (Å²) in [5, 5.41) is 8.02. The highest BCUT2D eigenvalue weighted by Crippen LogP contribution is 2.49. The molecule has 0 unspecified atom stereocenters. The second-order valence-electron chi connectivity index (χ2n) is 10.4. The highest BCUT2D eigenvalue weighted by molar-refractivity contribution is 8.04. The standard InChI is InChI=1S/C35H37N2S2/c1-3-5-11-24-36-30-22-20-26-14-7-9-16-28(26)34(30)38-32(36)18-13-19-33-37(25-12-6-4-2)31-23-21-27-15-8-10-17-29(27)35(31)39-33/h7-10,13-23H,3-6,11-12,24-25H2,1-2H3/q+1. The normalized spacial score (nSPS) is 14.5. The first-order valence-corrected chi connectivity index (χ1v) is 16.1. The summed E-state index contributed by atoms with van der Waals surface area (Å²) in [6.07, 6.45) is 14.4. The first kappa shape index (κ1) is 26.2. The maximum Gasteiger partial charge on any atom is 0.262 e. The third-order valence-electron chi connectivity index (χ3n) is 7.69. The van der Waals surface area contributed by atoms with Crippen molar-refractivity contribution in [2.45, 2.75) is 63.8 Å². The van der Waals surface area contributed by atoms with Gasteiger partial charge in [0.15, 0.2) is 6.54 Å². The van der Waals surface area contributed by atoms with Gasteiger partial charge in [0, 0.05) is 35.4 Å². The Hall–Kier alpha value is -3.08. The van der Waals surface area contributed by atoms with Crippen molar-refractivity contribution < 1.29 is 4.57 Å². The third-order valence-corrected chi connectivity index (χ3v) is 10.1. The zero-order valence-corrected chi connectivity index (χ0v) is 24.7. The highest BCUT2D eigenvalue weighted by atomic mass is 32.2. The Kier molecular flexibility index (Phi) is 8.03. The van der Waals surface area contributed by atoms with Crippen LogP contribution < -0.4 is 9.47 Å². The first-order valence-electron chi connectivity index (χ1n) is 14.5. The fourth-order valence-corrected chi connectivity index (χ4v) is 8.09. The van der Waals surface area contributed by atoms with E-state index in [0.717, 1.165) is 13.1 Å². The van der Waals surface area contributed by atoms with E-state index in [0.29, 0.717) is 0 Å². The van der Waals surface area contributed by atoms with E-state index in [2.05, 4.69) is 114 Å². The third kappa shape index (κ3) is 5.25. The predicted molar refractivity (Wildman–Crippen MR) is 173 cm³/mol. The van der Waals surface area contributed by atoms with Gasteiger partial charge in [-0.15, -0.1) is 0 Å². The van der Waals surface area contributed by atoms with Crippen molar-refractivity contribution in [2.75, 3.05) is 11.4 Å². The van der Waals surface area contributed by atoms with Crippen LogP contribution in [0, 0.1) is 0 Å². The van der Waals surface area contributed by atoms with Crippen molar-refractivity contribution in [3.05, 3.63) is 95.0 Å². The summed E-state index contributed by atoms with van der Waals surface area (Å²) in [6.45, 7) is 6.70. The van der Waals surface area contributed by atoms with Crippen LogP contribution in [0.4, 0.5) is 5.69 Å². The molecule has 0 N–H and O–H groups in total. The Morgan fingerprint density at radius 2 is 1.49 bits per heavy atom. The molecule has 0 fully saturated rings. The molecule has 4 aromatic carbocycles. The maximum atomic E-state index is 2.54. The number of anilines is 1. The Balaban J connectivity index is 1.37. The molecule has 0 atom stereocenters. The minimum absolute atomic E-state index is 1.07. The van der Waals surface area contributed by atoms with Crippen LogP contribution >= 0.6 is 23.1 Å². The lowest BCUT2D eigenvalue weighted by molar-refractivity contribution is -0.669. The molecule has 39 heavy (non-hydrogen) atoms. The fourth-order valence-electron chi connectivity index (χ4n) is 5.62. The van der Waals surface area contributed by atoms with E-state index in [1.807, 2.05) is 23.1 Å². The monoisotopic (exact) mass is 549 g/mol. The largest absolute Gasteiger partial charge is 0.335 e. The smallest absolute Gasteiger partial charge is 0.262 e. The average Bonchev–Trinajstić information content (AvgIpc) is 3.51. The molecule has 0 spiro atoms. The average molecular weight is 550 g/mol. The number of nitrogens with zero attached hydrogens (tertiary/aromatic N) is 2. The number of benzene rings is 4. The van der Waals surface area contributed by atoms with Gasteiger partial charge in [0.05, 0.1) is 10.7 Å². The zero-order chi connectivity index (χ0) is 26.6. The maximum absolute atomic E-state index is 2.54. The van der Waals surface area contributed by atoms with Crippen molar-refractivity contribution in [3.63, 3.8) is 0 Å². The molecule has 2 nitrogen and oxygen atoms in total. The highest BCUT2D eigenvalue weighted by Gasteiger charge is 2.26. The second kappa shape index (κ2) is 12.0. The molecule has 1 aliphatic rings. The van der Waals surface area contributed by atoms with Crippen LogP contribution in [0.2, 0.25) is 0 Å². The molecule has 0 bridgehead atoms. The molecular weight excluding hydrogens is 513 g/mol. The number of thiazole rings is 1. The van der Waals surface area contributed by atoms with Gasteiger partial charge < -0.3 is 4.90 Å². The number of aryl methyl sites for hydroxylation is 1. The predicted octanol–water partition coefficient (Wildman–Crippen LogP) is 10.3. The van der Waals surface area contributed by atoms with Gasteiger partial charge >= 0.3 is 0 Å². The molecule has 1 aromatic heterocycles. The van der Waals surface area contributed by atoms with Crippen molar-refractivity contribution >= 4 is 66.6 Å². The van der Waals surface area contributed by atoms with Crippen LogP contribution in [-0.2, 0) is 6.54 Å². The van der Waals surface area contributed by atoms with E-state index in [1.165, 1.54) is 90.9 Å². The molecule has 0 saturated heterocycles. The van der Waals surface area contributed by atoms with E-state index in [1.54, 1.807) is 0 Å². The lowest BCUT2D eigenvalue weighted by Crippen LogP contribution is -2.35. The molecule has 5 aromatic rings. The van der Waals surface area contributed by atoms with E-state index in [9.17, 15) is 0 Å². The topological polar surface area (TPSA) is 7.12 Å². The lowest BCUT2D eigenvalue weighted by Gasteiger charge is -2.20. The van der Waals surface area contributed by atoms with Gasteiger partial charge in [-0.05, 0) is 47.2 Å². The molecule has 6 rings (SSSR count). The molecule has 0 saturated carbocycles. The van der Waals surface area contributed by atoms with Gasteiger partial charge in [0.1, 0.15) is 4.70 Å². The van der Waals surface area contributed by atoms with Gasteiger partial charge in [-0.2, -0.15) is 4.57 Å². The molecule has 0 aliphatic carbocycles. The lowest BCUT2D eigenvalue weighted by atomic mass is 10.1. The van der Waals surface area contributed by atoms with Crippen molar-refractivity contribution in [3.8, 4) is 0 Å². The Labute approximate surface area is 240 Å². The van der Waals surface area contributed by atoms with Crippen LogP contribution in [-0.4, -0.2) is 6.54 Å². The van der Waals surface area contributed by atoms with Crippen LogP contribution in [0.3, 0.4) is 0 Å². The minimum Gasteiger partial charge on any atom is -0.335 e. The van der Waals surface area contributed by atoms with Crippen LogP contribution in [0.5, 0.6) is 0 Å². The number of allylic oxidation sites excluding steroid dienone is 2. The van der Waals surface area contributed by atoms with Crippen LogP contribution in [0.1, 0.15) is 57.4 Å². The summed E-state index contributed by atoms with van der Waals surface area (Å²) < 4.78 is 3.94. The number of hydrogen-bond acceptors (Lipinski definition) is 3. The molecule has 0 radical (unpaired) electrons. The van der Waals surface area contributed by atoms with Gasteiger partial charge in [0.25, 0.3) is 5.01 Å². The second-order valence-corrected chi connectivity index (χ2v) is 12.5. The summed E-state index contributed by atoms with van der Waals surface area (Å²) in [6, 6.07) is 26.8. The number of thioether (sulfide) groups is 1. The zero-order valence-electron chi connectivity index (χ0n) is 23.0. The SMILES string of the molecule is CCCCCN1C(=CC=Cc2sc3c4ccccc4ccc3[n+]2CCCCC)Sc2c1ccc1ccccc21. The van der Waals surface area contributed by atoms with Gasteiger partial charge in [-0.1, -0.05) is 117 Å². The summed E-state index contributed by atoms with van der Waals surface area (Å²) in [7, 11) is 0. The van der Waals surface area contributed by atoms with Gasteiger partial charge in [0.2, 0.25) is 5.52 Å². The van der Waals surface area contributed by atoms with E-state index in [-0.39, 0.29) is 0 Å². The number of unbranched alkanes of at least 4 members (excludes halogenated alkanes) is 4. The summed E-state index contributed by atoms with van der Waals surface area (Å²) >= 11 is 3.85. The number of fused-ring (bicyclic) bond motifs is 6. The number of aromatic nitrogens is 1. The van der Waals surface area contributed by atoms with E-state index in [4.69, 9.17) is 0 Å². The minimum atomic E-state index is 1.07. The molecule has 0 amide bonds. The summed E-state index contributed by atoms with van der Waals surface area (Å²) in [4.78, 5) is 3.94. The fraction of sp³-hybridized carbons (Fsp3) is 0.286. The first-order chi connectivity index (χ1) is 19.3. The van der Waals surface area contributed by atoms with Crippen molar-refractivity contribution in [1.29, 1.82) is 0 Å². The van der Waals surface area contributed by atoms with E-state index >= 15 is 0 Å². The van der Waals surface area contributed by atoms with Crippen molar-refractivity contribution in [2.24, 2.45) is 0 Å².